The Kier molecular flexibility index (Phi) is 4.35. The zero-order valence-electron chi connectivity index (χ0n) is 17.9. The average Bonchev–Trinajstić information content (AvgIpc) is 3.37. The molecule has 3 aliphatic rings. The van der Waals surface area contributed by atoms with Crippen molar-refractivity contribution in [1.29, 1.82) is 0 Å². The summed E-state index contributed by atoms with van der Waals surface area (Å²) < 4.78 is 16.0. The van der Waals surface area contributed by atoms with Gasteiger partial charge in [-0.05, 0) is 68.1 Å². The topological polar surface area (TPSA) is 83.8 Å². The molecule has 2 bridgehead atoms. The van der Waals surface area contributed by atoms with Gasteiger partial charge in [-0.2, -0.15) is 0 Å². The number of hydrogen-bond acceptors (Lipinski definition) is 3. The van der Waals surface area contributed by atoms with Gasteiger partial charge < -0.3 is 14.7 Å². The largest absolute Gasteiger partial charge is 0.481 e. The van der Waals surface area contributed by atoms with E-state index in [9.17, 15) is 14.3 Å². The number of nitrogens with one attached hydrogen (secondary N) is 1. The summed E-state index contributed by atoms with van der Waals surface area (Å²) in [6.07, 6.45) is 9.97. The third-order valence-corrected chi connectivity index (χ3v) is 7.84. The summed E-state index contributed by atoms with van der Waals surface area (Å²) in [5, 5.41) is 11.8. The van der Waals surface area contributed by atoms with E-state index in [1.54, 1.807) is 0 Å². The van der Waals surface area contributed by atoms with Crippen LogP contribution in [0.2, 0.25) is 0 Å². The molecule has 6 nitrogen and oxygen atoms in total. The Hall–Kier alpha value is -3.22. The van der Waals surface area contributed by atoms with Crippen molar-refractivity contribution in [2.24, 2.45) is 30.7 Å². The second-order valence-electron chi connectivity index (χ2n) is 9.47. The maximum atomic E-state index is 13.9. The van der Waals surface area contributed by atoms with E-state index in [2.05, 4.69) is 20.6 Å². The fraction of sp³-hybridized carbons (Fsp3) is 0.400. The minimum Gasteiger partial charge on any atom is -0.481 e. The number of aliphatic carboxylic acids is 1. The Balaban J connectivity index is 1.48. The molecule has 3 fully saturated rings. The zero-order valence-corrected chi connectivity index (χ0v) is 17.9. The average molecular weight is 432 g/mol. The molecule has 2 unspecified atom stereocenters. The van der Waals surface area contributed by atoms with Crippen molar-refractivity contribution in [2.45, 2.75) is 32.1 Å². The van der Waals surface area contributed by atoms with E-state index in [4.69, 9.17) is 4.98 Å². The Morgan fingerprint density at radius 1 is 1.22 bits per heavy atom. The Labute approximate surface area is 184 Å². The number of H-pyrrole nitrogens is 1. The number of aryl methyl sites for hydroxylation is 1. The van der Waals surface area contributed by atoms with Crippen molar-refractivity contribution in [1.82, 2.24) is 19.5 Å². The van der Waals surface area contributed by atoms with E-state index in [-0.39, 0.29) is 23.6 Å². The minimum atomic E-state index is -0.664. The molecule has 0 aromatic carbocycles. The molecule has 0 saturated heterocycles. The number of carboxylic acid groups (broad SMARTS) is 1. The summed E-state index contributed by atoms with van der Waals surface area (Å²) in [5.41, 5.74) is 4.14. The van der Waals surface area contributed by atoms with Gasteiger partial charge in [0.1, 0.15) is 11.5 Å². The molecule has 3 saturated carbocycles. The third kappa shape index (κ3) is 2.94. The number of pyridine rings is 2. The van der Waals surface area contributed by atoms with Crippen LogP contribution in [-0.2, 0) is 18.3 Å². The van der Waals surface area contributed by atoms with Crippen LogP contribution < -0.4 is 0 Å². The molecule has 0 radical (unpaired) electrons. The van der Waals surface area contributed by atoms with Gasteiger partial charge in [0.25, 0.3) is 0 Å². The highest BCUT2D eigenvalue weighted by Gasteiger charge is 2.47. The highest BCUT2D eigenvalue weighted by molar-refractivity contribution is 5.95. The summed E-state index contributed by atoms with van der Waals surface area (Å²) in [6, 6.07) is 5.56. The van der Waals surface area contributed by atoms with Gasteiger partial charge in [-0.25, -0.2) is 9.37 Å². The summed E-state index contributed by atoms with van der Waals surface area (Å²) in [6.45, 7) is 0. The van der Waals surface area contributed by atoms with Crippen LogP contribution in [0.5, 0.6) is 0 Å². The molecule has 4 heterocycles. The monoisotopic (exact) mass is 432 g/mol. The van der Waals surface area contributed by atoms with Crippen LogP contribution in [0.3, 0.4) is 0 Å². The van der Waals surface area contributed by atoms with Crippen LogP contribution in [0.25, 0.3) is 33.2 Å². The van der Waals surface area contributed by atoms with E-state index in [0.29, 0.717) is 23.4 Å². The van der Waals surface area contributed by atoms with E-state index < -0.39 is 5.97 Å². The normalized spacial score (nSPS) is 25.1. The predicted octanol–water partition coefficient (Wildman–Crippen LogP) is 4.94. The van der Waals surface area contributed by atoms with Crippen molar-refractivity contribution in [3.05, 3.63) is 48.3 Å². The molecule has 164 valence electrons. The lowest BCUT2D eigenvalue weighted by atomic mass is 9.57. The minimum absolute atomic E-state index is 0.105. The maximum Gasteiger partial charge on any atom is 0.307 e. The number of aromatic nitrogens is 4. The standard InChI is InChI=1S/C25H25FN4O2/c1-30-7-6-16-20(9-17-13-2-4-14(5-3-13)23(17)25(31)32)29-21(10-22(16)30)19-12-28-24-18(19)8-15(26)11-27-24/h6-8,10-14,17,23H,2-5,9H2,1H3,(H,27,28)(H,31,32). The molecule has 0 amide bonds. The van der Waals surface area contributed by atoms with Gasteiger partial charge in [0.05, 0.1) is 29.0 Å². The predicted molar refractivity (Wildman–Crippen MR) is 120 cm³/mol. The van der Waals surface area contributed by atoms with Gasteiger partial charge >= 0.3 is 5.97 Å². The van der Waals surface area contributed by atoms with Crippen molar-refractivity contribution in [3.8, 4) is 11.3 Å². The van der Waals surface area contributed by atoms with Crippen LogP contribution in [-0.4, -0.2) is 30.6 Å². The molecule has 7 rings (SSSR count). The van der Waals surface area contributed by atoms with Crippen LogP contribution in [0.4, 0.5) is 4.39 Å². The lowest BCUT2D eigenvalue weighted by Crippen LogP contribution is -2.45. The molecule has 4 aromatic heterocycles. The number of carboxylic acids is 1. The van der Waals surface area contributed by atoms with E-state index in [0.717, 1.165) is 53.5 Å². The summed E-state index contributed by atoms with van der Waals surface area (Å²) in [5.74, 6) is -0.522. The van der Waals surface area contributed by atoms with Gasteiger partial charge in [-0.1, -0.05) is 0 Å². The van der Waals surface area contributed by atoms with Crippen LogP contribution in [0.1, 0.15) is 31.4 Å². The number of hydrogen-bond donors (Lipinski definition) is 2. The molecular formula is C25H25FN4O2. The number of rotatable bonds is 4. The summed E-state index contributed by atoms with van der Waals surface area (Å²) in [4.78, 5) is 24.5. The van der Waals surface area contributed by atoms with Gasteiger partial charge in [-0.3, -0.25) is 9.78 Å². The molecule has 0 spiro atoms. The van der Waals surface area contributed by atoms with Crippen molar-refractivity contribution in [2.75, 3.05) is 0 Å². The SMILES string of the molecule is Cn1ccc2c(CC3C4CCC(CC4)C3C(=O)O)nc(-c3c[nH]c4ncc(F)cc34)cc21. The van der Waals surface area contributed by atoms with Crippen molar-refractivity contribution >= 4 is 27.9 Å². The van der Waals surface area contributed by atoms with Crippen LogP contribution >= 0.6 is 0 Å². The Bertz CT molecular complexity index is 1350. The number of carbonyl (C=O) groups is 1. The first kappa shape index (κ1) is 19.5. The van der Waals surface area contributed by atoms with Crippen LogP contribution in [0.15, 0.2) is 36.8 Å². The van der Waals surface area contributed by atoms with Crippen molar-refractivity contribution < 1.29 is 14.3 Å². The molecule has 3 aliphatic carbocycles. The maximum absolute atomic E-state index is 13.9. The zero-order chi connectivity index (χ0) is 22.0. The number of fused-ring (bicyclic) bond motifs is 5. The van der Waals surface area contributed by atoms with Crippen molar-refractivity contribution in [3.63, 3.8) is 0 Å². The molecular weight excluding hydrogens is 407 g/mol. The van der Waals surface area contributed by atoms with Gasteiger partial charge in [0.15, 0.2) is 0 Å². The summed E-state index contributed by atoms with van der Waals surface area (Å²) >= 11 is 0. The third-order valence-electron chi connectivity index (χ3n) is 7.84. The molecule has 0 aliphatic heterocycles. The first-order chi connectivity index (χ1) is 15.5. The molecule has 32 heavy (non-hydrogen) atoms. The molecule has 2 atom stereocenters. The van der Waals surface area contributed by atoms with Gasteiger partial charge in [0.2, 0.25) is 0 Å². The lowest BCUT2D eigenvalue weighted by molar-refractivity contribution is -0.152. The van der Waals surface area contributed by atoms with E-state index in [1.807, 2.05) is 25.5 Å². The lowest BCUT2D eigenvalue weighted by Gasteiger charge is -2.47. The van der Waals surface area contributed by atoms with E-state index in [1.165, 1.54) is 12.3 Å². The second kappa shape index (κ2) is 7.15. The number of nitrogens with zero attached hydrogens (tertiary/aromatic N) is 3. The second-order valence-corrected chi connectivity index (χ2v) is 9.47. The fourth-order valence-corrected chi connectivity index (χ4v) is 6.29. The fourth-order valence-electron chi connectivity index (χ4n) is 6.29. The quantitative estimate of drug-likeness (QED) is 0.479. The van der Waals surface area contributed by atoms with Crippen LogP contribution in [0, 0.1) is 29.5 Å². The first-order valence-corrected chi connectivity index (χ1v) is 11.3. The number of aromatic amines is 1. The highest BCUT2D eigenvalue weighted by atomic mass is 19.1. The Morgan fingerprint density at radius 3 is 2.78 bits per heavy atom. The highest BCUT2D eigenvalue weighted by Crippen LogP contribution is 2.50. The van der Waals surface area contributed by atoms with Gasteiger partial charge in [-0.15, -0.1) is 0 Å². The number of halogens is 1. The molecule has 2 N–H and O–H groups in total. The summed E-state index contributed by atoms with van der Waals surface area (Å²) in [7, 11) is 2.00. The smallest absolute Gasteiger partial charge is 0.307 e. The van der Waals surface area contributed by atoms with E-state index >= 15 is 0 Å². The van der Waals surface area contributed by atoms with Gasteiger partial charge in [0, 0.05) is 35.8 Å². The molecule has 7 heteroatoms. The first-order valence-electron chi connectivity index (χ1n) is 11.3. The Morgan fingerprint density at radius 2 is 2.00 bits per heavy atom. The molecule has 4 aromatic rings.